The zero-order chi connectivity index (χ0) is 33.6. The maximum absolute atomic E-state index is 12.8. The molecule has 3 unspecified atom stereocenters. The van der Waals surface area contributed by atoms with Gasteiger partial charge in [-0.05, 0) is 83.4 Å². The quantitative estimate of drug-likeness (QED) is 0.0701. The zero-order valence-electron chi connectivity index (χ0n) is 27.5. The molecule has 0 radical (unpaired) electrons. The van der Waals surface area contributed by atoms with Crippen LogP contribution in [0.1, 0.15) is 99.0 Å². The van der Waals surface area contributed by atoms with E-state index in [-0.39, 0.29) is 49.8 Å². The molecule has 258 valence electrons. The van der Waals surface area contributed by atoms with Crippen molar-refractivity contribution in [2.24, 2.45) is 0 Å². The van der Waals surface area contributed by atoms with E-state index in [0.29, 0.717) is 27.5 Å². The van der Waals surface area contributed by atoms with Gasteiger partial charge >= 0.3 is 17.9 Å². The average molecular weight is 723 g/mol. The summed E-state index contributed by atoms with van der Waals surface area (Å²) in [5, 5.41) is 12.0. The second-order valence-electron chi connectivity index (χ2n) is 12.0. The number of aliphatic hydroxyl groups excluding tert-OH is 1. The highest BCUT2D eigenvalue weighted by molar-refractivity contribution is 8.77. The molecule has 0 spiro atoms. The van der Waals surface area contributed by atoms with E-state index in [4.69, 9.17) is 14.2 Å². The van der Waals surface area contributed by atoms with E-state index in [0.717, 1.165) is 49.9 Å². The molecule has 3 heterocycles. The normalized spacial score (nSPS) is 18.2. The lowest BCUT2D eigenvalue weighted by atomic mass is 10.0. The van der Waals surface area contributed by atoms with Gasteiger partial charge < -0.3 is 19.3 Å². The topological polar surface area (TPSA) is 125 Å². The summed E-state index contributed by atoms with van der Waals surface area (Å²) in [5.41, 5.74) is 3.50. The summed E-state index contributed by atoms with van der Waals surface area (Å²) in [6, 6.07) is 4.89. The third-order valence-corrected chi connectivity index (χ3v) is 14.1. The molecule has 2 fully saturated rings. The second kappa shape index (κ2) is 19.9. The number of nitrogens with zero attached hydrogens (tertiary/aromatic N) is 2. The molecule has 1 N–H and O–H groups in total. The molecule has 0 aliphatic carbocycles. The Hall–Kier alpha value is -1.93. The highest BCUT2D eigenvalue weighted by Crippen LogP contribution is 2.41. The predicted octanol–water partition coefficient (Wildman–Crippen LogP) is 7.68. The van der Waals surface area contributed by atoms with E-state index >= 15 is 0 Å². The van der Waals surface area contributed by atoms with Crippen molar-refractivity contribution in [3.63, 3.8) is 0 Å². The van der Waals surface area contributed by atoms with Crippen molar-refractivity contribution < 1.29 is 33.7 Å². The van der Waals surface area contributed by atoms with Gasteiger partial charge in [0, 0.05) is 34.8 Å². The van der Waals surface area contributed by atoms with E-state index in [9.17, 15) is 19.5 Å². The Kier molecular flexibility index (Phi) is 16.1. The molecule has 2 saturated heterocycles. The highest BCUT2D eigenvalue weighted by atomic mass is 33.1. The van der Waals surface area contributed by atoms with Gasteiger partial charge in [-0.3, -0.25) is 24.4 Å². The number of ether oxygens (including phenoxy) is 3. The van der Waals surface area contributed by atoms with Crippen LogP contribution in [-0.4, -0.2) is 61.1 Å². The summed E-state index contributed by atoms with van der Waals surface area (Å²) in [7, 11) is 7.70. The maximum atomic E-state index is 12.8. The van der Waals surface area contributed by atoms with Gasteiger partial charge in [0.25, 0.3) is 0 Å². The van der Waals surface area contributed by atoms with Gasteiger partial charge in [0.1, 0.15) is 6.61 Å². The van der Waals surface area contributed by atoms with Crippen molar-refractivity contribution in [2.45, 2.75) is 121 Å². The van der Waals surface area contributed by atoms with E-state index in [1.165, 1.54) is 24.3 Å². The van der Waals surface area contributed by atoms with Crippen molar-refractivity contribution in [2.75, 3.05) is 11.5 Å². The molecule has 1 aromatic carbocycles. The highest BCUT2D eigenvalue weighted by Gasteiger charge is 2.20. The minimum Gasteiger partial charge on any atom is -0.459 e. The number of esters is 3. The molecule has 0 saturated carbocycles. The van der Waals surface area contributed by atoms with Gasteiger partial charge in [0.15, 0.2) is 11.5 Å². The minimum atomic E-state index is -1.03. The van der Waals surface area contributed by atoms with Crippen LogP contribution in [0.2, 0.25) is 0 Å². The summed E-state index contributed by atoms with van der Waals surface area (Å²) in [5.74, 6) is 1.36. The van der Waals surface area contributed by atoms with Crippen molar-refractivity contribution in [1.29, 1.82) is 0 Å². The van der Waals surface area contributed by atoms with E-state index in [1.54, 1.807) is 18.2 Å². The molecule has 3 atom stereocenters. The molecule has 2 aliphatic heterocycles. The average Bonchev–Trinajstić information content (AvgIpc) is 3.75. The number of rotatable bonds is 18. The number of carbonyl (C=O) groups is 3. The molecule has 4 rings (SSSR count). The number of hydrogen-bond donors (Lipinski definition) is 1. The minimum absolute atomic E-state index is 0.0251. The fraction of sp³-hybridized carbons (Fsp3) is 0.618. The first-order chi connectivity index (χ1) is 22.7. The Labute approximate surface area is 294 Å². The number of aromatic nitrogens is 2. The number of aryl methyl sites for hydroxylation is 3. The lowest BCUT2D eigenvalue weighted by Crippen LogP contribution is -2.19. The van der Waals surface area contributed by atoms with Crippen molar-refractivity contribution in [1.82, 2.24) is 9.97 Å². The van der Waals surface area contributed by atoms with E-state index in [2.05, 4.69) is 9.97 Å². The van der Waals surface area contributed by atoms with Crippen molar-refractivity contribution in [3.8, 4) is 11.5 Å². The summed E-state index contributed by atoms with van der Waals surface area (Å²) >= 11 is 0. The summed E-state index contributed by atoms with van der Waals surface area (Å²) in [6.45, 7) is 5.51. The van der Waals surface area contributed by atoms with Gasteiger partial charge in [-0.25, -0.2) is 0 Å². The van der Waals surface area contributed by atoms with Gasteiger partial charge in [0.05, 0.1) is 35.3 Å². The van der Waals surface area contributed by atoms with Crippen LogP contribution in [0, 0.1) is 20.8 Å². The van der Waals surface area contributed by atoms with Gasteiger partial charge in [-0.1, -0.05) is 62.1 Å². The molecular weight excluding hydrogens is 677 g/mol. The maximum Gasteiger partial charge on any atom is 0.311 e. The fourth-order valence-electron chi connectivity index (χ4n) is 5.24. The lowest BCUT2D eigenvalue weighted by molar-refractivity contribution is -0.147. The standard InChI is InChI=1S/C34H46N2O7S4/c1-22-23(2)36-29(24(3)35-22)21-41-34(40)20-26(37)18-25-12-13-30(42-32(38)10-6-4-8-27-14-16-44-46-27)31(19-25)43-33(39)11-7-5-9-28-15-17-45-47-28/h12-13,19,26-28,37H,4-11,14-18,20-21H2,1-3H3. The van der Waals surface area contributed by atoms with Crippen LogP contribution in [-0.2, 0) is 32.1 Å². The molecule has 2 aromatic rings. The molecule has 47 heavy (non-hydrogen) atoms. The Balaban J connectivity index is 1.30. The van der Waals surface area contributed by atoms with E-state index in [1.807, 2.05) is 63.9 Å². The Morgan fingerprint density at radius 1 is 0.809 bits per heavy atom. The first-order valence-electron chi connectivity index (χ1n) is 16.4. The largest absolute Gasteiger partial charge is 0.459 e. The number of benzene rings is 1. The molecule has 0 bridgehead atoms. The molecule has 13 heteroatoms. The molecule has 2 aliphatic rings. The Bertz CT molecular complexity index is 1350. The van der Waals surface area contributed by atoms with Crippen LogP contribution in [0.4, 0.5) is 0 Å². The summed E-state index contributed by atoms with van der Waals surface area (Å²) in [6.07, 6.45) is 7.39. The summed E-state index contributed by atoms with van der Waals surface area (Å²) in [4.78, 5) is 46.9. The second-order valence-corrected chi connectivity index (χ2v) is 17.6. The van der Waals surface area contributed by atoms with Crippen LogP contribution >= 0.6 is 43.2 Å². The van der Waals surface area contributed by atoms with Crippen LogP contribution in [0.3, 0.4) is 0 Å². The van der Waals surface area contributed by atoms with Crippen LogP contribution < -0.4 is 9.47 Å². The van der Waals surface area contributed by atoms with Crippen molar-refractivity contribution in [3.05, 3.63) is 46.5 Å². The molecule has 1 aromatic heterocycles. The monoisotopic (exact) mass is 722 g/mol. The number of hydrogen-bond acceptors (Lipinski definition) is 13. The van der Waals surface area contributed by atoms with E-state index < -0.39 is 18.0 Å². The van der Waals surface area contributed by atoms with Gasteiger partial charge in [0.2, 0.25) is 0 Å². The van der Waals surface area contributed by atoms with Gasteiger partial charge in [-0.15, -0.1) is 0 Å². The van der Waals surface area contributed by atoms with Crippen LogP contribution in [0.5, 0.6) is 11.5 Å². The summed E-state index contributed by atoms with van der Waals surface area (Å²) < 4.78 is 16.7. The third kappa shape index (κ3) is 13.5. The SMILES string of the molecule is Cc1nc(C)c(COC(=O)CC(O)Cc2ccc(OC(=O)CCCCC3CCSS3)c(OC(=O)CCCCC3CCSS3)c2)nc1C. The molecule has 0 amide bonds. The first-order valence-corrected chi connectivity index (χ1v) is 21.2. The van der Waals surface area contributed by atoms with Crippen molar-refractivity contribution >= 4 is 61.1 Å². The van der Waals surface area contributed by atoms with Crippen LogP contribution in [0.25, 0.3) is 0 Å². The Morgan fingerprint density at radius 2 is 1.40 bits per heavy atom. The predicted molar refractivity (Wildman–Crippen MR) is 192 cm³/mol. The lowest BCUT2D eigenvalue weighted by Gasteiger charge is -2.15. The van der Waals surface area contributed by atoms with Gasteiger partial charge in [-0.2, -0.15) is 0 Å². The zero-order valence-corrected chi connectivity index (χ0v) is 30.8. The third-order valence-electron chi connectivity index (χ3n) is 8.05. The van der Waals surface area contributed by atoms with Crippen LogP contribution in [0.15, 0.2) is 18.2 Å². The first kappa shape index (κ1) is 37.9. The molecule has 9 nitrogen and oxygen atoms in total. The number of unbranched alkanes of at least 4 members (excludes halogenated alkanes) is 2. The number of carbonyl (C=O) groups excluding carboxylic acids is 3. The smallest absolute Gasteiger partial charge is 0.311 e. The number of aliphatic hydroxyl groups is 1. The molecular formula is C34H46N2O7S4. The Morgan fingerprint density at radius 3 is 2.00 bits per heavy atom. The fourth-order valence-corrected chi connectivity index (χ4v) is 11.3.